The van der Waals surface area contributed by atoms with Crippen molar-refractivity contribution in [2.45, 2.75) is 14.9 Å². The lowest BCUT2D eigenvalue weighted by molar-refractivity contribution is 0.0685. The van der Waals surface area contributed by atoms with E-state index in [0.29, 0.717) is 15.1 Å². The molecular formula is C12H9ClN2O2S2. The summed E-state index contributed by atoms with van der Waals surface area (Å²) in [6.07, 6.45) is 3.33. The summed E-state index contributed by atoms with van der Waals surface area (Å²) in [6, 6.07) is 7.14. The Balaban J connectivity index is 2.33. The summed E-state index contributed by atoms with van der Waals surface area (Å²) in [5.74, 6) is -1.06. The highest BCUT2D eigenvalue weighted by molar-refractivity contribution is 7.99. The largest absolute Gasteiger partial charge is 0.476 e. The zero-order valence-corrected chi connectivity index (χ0v) is 12.2. The zero-order valence-electron chi connectivity index (χ0n) is 9.83. The maximum Gasteiger partial charge on any atom is 0.355 e. The van der Waals surface area contributed by atoms with Gasteiger partial charge < -0.3 is 5.11 Å². The first-order chi connectivity index (χ1) is 9.10. The molecule has 19 heavy (non-hydrogen) atoms. The quantitative estimate of drug-likeness (QED) is 0.686. The Bertz CT molecular complexity index is 605. The summed E-state index contributed by atoms with van der Waals surface area (Å²) in [7, 11) is 0. The Morgan fingerprint density at radius 2 is 2.00 bits per heavy atom. The minimum atomic E-state index is -1.06. The van der Waals surface area contributed by atoms with E-state index >= 15 is 0 Å². The third-order valence-corrected chi connectivity index (χ3v) is 4.00. The number of halogens is 1. The first-order valence-corrected chi connectivity index (χ1v) is 7.60. The highest BCUT2D eigenvalue weighted by atomic mass is 35.5. The van der Waals surface area contributed by atoms with Gasteiger partial charge in [0, 0.05) is 16.1 Å². The second-order valence-electron chi connectivity index (χ2n) is 3.43. The van der Waals surface area contributed by atoms with Gasteiger partial charge in [0.25, 0.3) is 0 Å². The molecule has 0 radical (unpaired) electrons. The lowest BCUT2D eigenvalue weighted by Gasteiger charge is -2.06. The van der Waals surface area contributed by atoms with Crippen molar-refractivity contribution in [3.05, 3.63) is 41.2 Å². The molecule has 1 aromatic heterocycles. The van der Waals surface area contributed by atoms with Crippen molar-refractivity contribution in [1.29, 1.82) is 0 Å². The van der Waals surface area contributed by atoms with Crippen molar-refractivity contribution in [3.8, 4) is 0 Å². The van der Waals surface area contributed by atoms with Crippen molar-refractivity contribution in [2.24, 2.45) is 0 Å². The van der Waals surface area contributed by atoms with Gasteiger partial charge in [-0.05, 0) is 30.5 Å². The lowest BCUT2D eigenvalue weighted by atomic mass is 10.4. The second-order valence-corrected chi connectivity index (χ2v) is 5.76. The van der Waals surface area contributed by atoms with Crippen molar-refractivity contribution >= 4 is 41.1 Å². The predicted octanol–water partition coefficient (Wildman–Crippen LogP) is 3.70. The van der Waals surface area contributed by atoms with Crippen molar-refractivity contribution in [2.75, 3.05) is 6.26 Å². The standard InChI is InChI=1S/C12H9ClN2O2S2/c1-18-12-14-6-9(10(15-12)11(16)17)19-8-4-2-7(13)3-5-8/h2-6H,1H3,(H,16,17). The van der Waals surface area contributed by atoms with Gasteiger partial charge in [-0.3, -0.25) is 0 Å². The van der Waals surface area contributed by atoms with E-state index in [0.717, 1.165) is 4.90 Å². The van der Waals surface area contributed by atoms with E-state index in [-0.39, 0.29) is 5.69 Å². The average molecular weight is 313 g/mol. The Morgan fingerprint density at radius 3 is 2.58 bits per heavy atom. The van der Waals surface area contributed by atoms with E-state index in [1.54, 1.807) is 18.4 Å². The summed E-state index contributed by atoms with van der Waals surface area (Å²) in [6.45, 7) is 0. The molecule has 4 nitrogen and oxygen atoms in total. The molecule has 98 valence electrons. The van der Waals surface area contributed by atoms with Gasteiger partial charge in [-0.25, -0.2) is 14.8 Å². The van der Waals surface area contributed by atoms with E-state index < -0.39 is 5.97 Å². The van der Waals surface area contributed by atoms with E-state index in [4.69, 9.17) is 11.6 Å². The van der Waals surface area contributed by atoms with Crippen LogP contribution in [0.2, 0.25) is 5.02 Å². The smallest absolute Gasteiger partial charge is 0.355 e. The molecule has 2 rings (SSSR count). The Labute approximate surface area is 123 Å². The Morgan fingerprint density at radius 1 is 1.32 bits per heavy atom. The van der Waals surface area contributed by atoms with E-state index in [2.05, 4.69) is 9.97 Å². The number of nitrogens with zero attached hydrogens (tertiary/aromatic N) is 2. The molecule has 7 heteroatoms. The third kappa shape index (κ3) is 3.62. The Hall–Kier alpha value is -1.24. The first kappa shape index (κ1) is 14.2. The molecule has 0 aliphatic rings. The molecule has 0 saturated heterocycles. The monoisotopic (exact) mass is 312 g/mol. The van der Waals surface area contributed by atoms with Gasteiger partial charge in [-0.2, -0.15) is 0 Å². The van der Waals surface area contributed by atoms with Crippen LogP contribution >= 0.6 is 35.1 Å². The number of aromatic nitrogens is 2. The third-order valence-electron chi connectivity index (χ3n) is 2.16. The van der Waals surface area contributed by atoms with Gasteiger partial charge in [-0.15, -0.1) is 0 Å². The van der Waals surface area contributed by atoms with Crippen LogP contribution in [0.5, 0.6) is 0 Å². The van der Waals surface area contributed by atoms with Crippen LogP contribution in [-0.2, 0) is 0 Å². The molecule has 0 fully saturated rings. The van der Waals surface area contributed by atoms with Crippen LogP contribution in [0.3, 0.4) is 0 Å². The number of thioether (sulfide) groups is 1. The van der Waals surface area contributed by atoms with E-state index in [1.165, 1.54) is 29.7 Å². The minimum Gasteiger partial charge on any atom is -0.476 e. The van der Waals surface area contributed by atoms with Crippen LogP contribution in [-0.4, -0.2) is 27.3 Å². The zero-order chi connectivity index (χ0) is 13.8. The molecular weight excluding hydrogens is 304 g/mol. The van der Waals surface area contributed by atoms with E-state index in [1.807, 2.05) is 12.1 Å². The van der Waals surface area contributed by atoms with Gasteiger partial charge in [0.2, 0.25) is 0 Å². The number of aromatic carboxylic acids is 1. The minimum absolute atomic E-state index is 0.0132. The van der Waals surface area contributed by atoms with Gasteiger partial charge in [0.05, 0.1) is 4.90 Å². The fourth-order valence-electron chi connectivity index (χ4n) is 1.31. The van der Waals surface area contributed by atoms with Gasteiger partial charge in [0.1, 0.15) is 0 Å². The summed E-state index contributed by atoms with van der Waals surface area (Å²) in [4.78, 5) is 20.7. The molecule has 0 bridgehead atoms. The normalized spacial score (nSPS) is 10.4. The molecule has 0 saturated carbocycles. The summed E-state index contributed by atoms with van der Waals surface area (Å²) in [5.41, 5.74) is 0.0132. The number of benzene rings is 1. The highest BCUT2D eigenvalue weighted by Gasteiger charge is 2.15. The molecule has 0 atom stereocenters. The molecule has 1 heterocycles. The topological polar surface area (TPSA) is 63.1 Å². The van der Waals surface area contributed by atoms with Gasteiger partial charge >= 0.3 is 5.97 Å². The van der Waals surface area contributed by atoms with Crippen molar-refractivity contribution < 1.29 is 9.90 Å². The second kappa shape index (κ2) is 6.27. The Kier molecular flexibility index (Phi) is 4.68. The van der Waals surface area contributed by atoms with Crippen LogP contribution in [0.15, 0.2) is 45.4 Å². The number of rotatable bonds is 4. The molecule has 0 aliphatic carbocycles. The van der Waals surface area contributed by atoms with Gasteiger partial charge in [0.15, 0.2) is 10.9 Å². The fraction of sp³-hybridized carbons (Fsp3) is 0.0833. The predicted molar refractivity (Wildman–Crippen MR) is 76.3 cm³/mol. The van der Waals surface area contributed by atoms with Crippen LogP contribution < -0.4 is 0 Å². The highest BCUT2D eigenvalue weighted by Crippen LogP contribution is 2.30. The number of carboxylic acids is 1. The summed E-state index contributed by atoms with van der Waals surface area (Å²) < 4.78 is 0. The van der Waals surface area contributed by atoms with Crippen LogP contribution in [0, 0.1) is 0 Å². The van der Waals surface area contributed by atoms with Crippen LogP contribution in [0.25, 0.3) is 0 Å². The summed E-state index contributed by atoms with van der Waals surface area (Å²) in [5, 5.41) is 10.3. The molecule has 0 amide bonds. The summed E-state index contributed by atoms with van der Waals surface area (Å²) >= 11 is 8.41. The van der Waals surface area contributed by atoms with Crippen LogP contribution in [0.4, 0.5) is 0 Å². The lowest BCUT2D eigenvalue weighted by Crippen LogP contribution is -2.04. The number of hydrogen-bond acceptors (Lipinski definition) is 5. The molecule has 0 unspecified atom stereocenters. The fourth-order valence-corrected chi connectivity index (χ4v) is 2.64. The molecule has 0 spiro atoms. The maximum absolute atomic E-state index is 11.2. The van der Waals surface area contributed by atoms with Crippen molar-refractivity contribution in [1.82, 2.24) is 9.97 Å². The first-order valence-electron chi connectivity index (χ1n) is 5.18. The number of hydrogen-bond donors (Lipinski definition) is 1. The van der Waals surface area contributed by atoms with Crippen molar-refractivity contribution in [3.63, 3.8) is 0 Å². The number of carboxylic acid groups (broad SMARTS) is 1. The molecule has 0 aliphatic heterocycles. The average Bonchev–Trinajstić information content (AvgIpc) is 2.41. The molecule has 1 aromatic carbocycles. The molecule has 1 N–H and O–H groups in total. The van der Waals surface area contributed by atoms with Crippen LogP contribution in [0.1, 0.15) is 10.5 Å². The van der Waals surface area contributed by atoms with E-state index in [9.17, 15) is 9.90 Å². The SMILES string of the molecule is CSc1ncc(Sc2ccc(Cl)cc2)c(C(=O)O)n1. The maximum atomic E-state index is 11.2. The number of carbonyl (C=O) groups is 1. The van der Waals surface area contributed by atoms with Gasteiger partial charge in [-0.1, -0.05) is 35.1 Å². The molecule has 2 aromatic rings.